The van der Waals surface area contributed by atoms with Crippen LogP contribution in [-0.4, -0.2) is 55.6 Å². The second-order valence-corrected chi connectivity index (χ2v) is 7.75. The molecule has 1 amide bonds. The number of ether oxygens (including phenoxy) is 2. The first-order valence-corrected chi connectivity index (χ1v) is 10.0. The van der Waals surface area contributed by atoms with Crippen LogP contribution in [0, 0.1) is 11.8 Å². The number of nitrogens with zero attached hydrogens (tertiary/aromatic N) is 2. The molecule has 5 heteroatoms. The smallest absolute Gasteiger partial charge is 0.226 e. The molecule has 5 nitrogen and oxygen atoms in total. The van der Waals surface area contributed by atoms with Crippen molar-refractivity contribution in [2.75, 3.05) is 39.9 Å². The SMILES string of the molecule is COc1ccccc1OCCC(=O)N1C[C@H]2CN(Cc3ccccc3)C[C@H]2C1. The number of fused-ring (bicyclic) bond motifs is 1. The van der Waals surface area contributed by atoms with Gasteiger partial charge in [0.2, 0.25) is 5.91 Å². The largest absolute Gasteiger partial charge is 0.493 e. The summed E-state index contributed by atoms with van der Waals surface area (Å²) in [4.78, 5) is 17.1. The number of amides is 1. The molecule has 0 spiro atoms. The van der Waals surface area contributed by atoms with Crippen LogP contribution in [0.15, 0.2) is 54.6 Å². The molecule has 0 unspecified atom stereocenters. The van der Waals surface area contributed by atoms with Gasteiger partial charge in [-0.25, -0.2) is 0 Å². The molecule has 0 saturated carbocycles. The van der Waals surface area contributed by atoms with Gasteiger partial charge in [0.25, 0.3) is 0 Å². The maximum Gasteiger partial charge on any atom is 0.226 e. The molecule has 2 fully saturated rings. The minimum atomic E-state index is 0.193. The maximum atomic E-state index is 12.6. The Morgan fingerprint density at radius 1 is 0.929 bits per heavy atom. The molecule has 2 aliphatic heterocycles. The van der Waals surface area contributed by atoms with Crippen molar-refractivity contribution >= 4 is 5.91 Å². The Hall–Kier alpha value is -2.53. The van der Waals surface area contributed by atoms with Crippen LogP contribution < -0.4 is 9.47 Å². The van der Waals surface area contributed by atoms with Crippen molar-refractivity contribution in [1.29, 1.82) is 0 Å². The normalized spacial score (nSPS) is 21.5. The van der Waals surface area contributed by atoms with Gasteiger partial charge in [-0.15, -0.1) is 0 Å². The van der Waals surface area contributed by atoms with Gasteiger partial charge in [0.1, 0.15) is 0 Å². The molecule has 0 radical (unpaired) electrons. The lowest BCUT2D eigenvalue weighted by Crippen LogP contribution is -2.33. The van der Waals surface area contributed by atoms with Crippen LogP contribution >= 0.6 is 0 Å². The van der Waals surface area contributed by atoms with E-state index in [-0.39, 0.29) is 5.91 Å². The summed E-state index contributed by atoms with van der Waals surface area (Å²) < 4.78 is 11.0. The highest BCUT2D eigenvalue weighted by atomic mass is 16.5. The van der Waals surface area contributed by atoms with E-state index in [0.29, 0.717) is 36.4 Å². The van der Waals surface area contributed by atoms with E-state index in [4.69, 9.17) is 9.47 Å². The fourth-order valence-corrected chi connectivity index (χ4v) is 4.41. The second-order valence-electron chi connectivity index (χ2n) is 7.75. The number of hydrogen-bond acceptors (Lipinski definition) is 4. The maximum absolute atomic E-state index is 12.6. The third-order valence-corrected chi connectivity index (χ3v) is 5.81. The number of benzene rings is 2. The van der Waals surface area contributed by atoms with Gasteiger partial charge in [-0.1, -0.05) is 42.5 Å². The van der Waals surface area contributed by atoms with Crippen LogP contribution in [0.25, 0.3) is 0 Å². The van der Waals surface area contributed by atoms with E-state index in [1.807, 2.05) is 29.2 Å². The molecule has 28 heavy (non-hydrogen) atoms. The lowest BCUT2D eigenvalue weighted by atomic mass is 10.0. The molecule has 0 bridgehead atoms. The van der Waals surface area contributed by atoms with Crippen molar-refractivity contribution in [1.82, 2.24) is 9.80 Å². The lowest BCUT2D eigenvalue weighted by Gasteiger charge is -2.22. The van der Waals surface area contributed by atoms with Crippen LogP contribution in [0.2, 0.25) is 0 Å². The molecule has 0 aliphatic carbocycles. The van der Waals surface area contributed by atoms with Crippen molar-refractivity contribution in [3.63, 3.8) is 0 Å². The van der Waals surface area contributed by atoms with Gasteiger partial charge < -0.3 is 14.4 Å². The molecular weight excluding hydrogens is 352 g/mol. The first kappa shape index (κ1) is 18.8. The summed E-state index contributed by atoms with van der Waals surface area (Å²) in [6, 6.07) is 18.2. The Kier molecular flexibility index (Phi) is 5.81. The number of carbonyl (C=O) groups excluding carboxylic acids is 1. The predicted molar refractivity (Wildman–Crippen MR) is 108 cm³/mol. The van der Waals surface area contributed by atoms with Gasteiger partial charge in [-0.3, -0.25) is 9.69 Å². The van der Waals surface area contributed by atoms with Crippen LogP contribution in [0.3, 0.4) is 0 Å². The van der Waals surface area contributed by atoms with Crippen LogP contribution in [-0.2, 0) is 11.3 Å². The molecule has 2 atom stereocenters. The summed E-state index contributed by atoms with van der Waals surface area (Å²) in [5, 5.41) is 0. The van der Waals surface area contributed by atoms with Crippen molar-refractivity contribution in [3.05, 3.63) is 60.2 Å². The van der Waals surface area contributed by atoms with Gasteiger partial charge in [-0.2, -0.15) is 0 Å². The van der Waals surface area contributed by atoms with Gasteiger partial charge in [-0.05, 0) is 29.5 Å². The highest BCUT2D eigenvalue weighted by molar-refractivity contribution is 5.76. The van der Waals surface area contributed by atoms with Crippen molar-refractivity contribution in [3.8, 4) is 11.5 Å². The third-order valence-electron chi connectivity index (χ3n) is 5.81. The zero-order valence-corrected chi connectivity index (χ0v) is 16.4. The van der Waals surface area contributed by atoms with Gasteiger partial charge in [0, 0.05) is 32.7 Å². The van der Waals surface area contributed by atoms with E-state index in [1.165, 1.54) is 5.56 Å². The molecule has 0 N–H and O–H groups in total. The highest BCUT2D eigenvalue weighted by Gasteiger charge is 2.41. The molecular formula is C23H28N2O3. The van der Waals surface area contributed by atoms with E-state index < -0.39 is 0 Å². The molecule has 2 heterocycles. The predicted octanol–water partition coefficient (Wildman–Crippen LogP) is 3.05. The molecule has 2 saturated heterocycles. The number of rotatable bonds is 7. The zero-order valence-electron chi connectivity index (χ0n) is 16.4. The quantitative estimate of drug-likeness (QED) is 0.740. The van der Waals surface area contributed by atoms with Crippen molar-refractivity contribution < 1.29 is 14.3 Å². The number of carbonyl (C=O) groups is 1. The fraction of sp³-hybridized carbons (Fsp3) is 0.435. The highest BCUT2D eigenvalue weighted by Crippen LogP contribution is 2.32. The summed E-state index contributed by atoms with van der Waals surface area (Å²) in [5.41, 5.74) is 1.36. The fourth-order valence-electron chi connectivity index (χ4n) is 4.41. The minimum absolute atomic E-state index is 0.193. The number of hydrogen-bond donors (Lipinski definition) is 0. The summed E-state index contributed by atoms with van der Waals surface area (Å²) in [6.45, 7) is 5.31. The Labute approximate surface area is 166 Å². The Balaban J connectivity index is 1.22. The molecule has 2 aliphatic rings. The molecule has 2 aromatic rings. The minimum Gasteiger partial charge on any atom is -0.493 e. The number of likely N-dealkylation sites (tertiary alicyclic amines) is 2. The van der Waals surface area contributed by atoms with Crippen LogP contribution in [0.1, 0.15) is 12.0 Å². The van der Waals surface area contributed by atoms with E-state index in [1.54, 1.807) is 7.11 Å². The first-order valence-electron chi connectivity index (χ1n) is 10.0. The van der Waals surface area contributed by atoms with Gasteiger partial charge >= 0.3 is 0 Å². The zero-order chi connectivity index (χ0) is 19.3. The molecule has 0 aromatic heterocycles. The van der Waals surface area contributed by atoms with E-state index in [9.17, 15) is 4.79 Å². The standard InChI is InChI=1S/C23H28N2O3/c1-27-21-9-5-6-10-22(21)28-12-11-23(26)25-16-19-14-24(15-20(19)17-25)13-18-7-3-2-4-8-18/h2-10,19-20H,11-17H2,1H3/t19-,20+. The Bertz CT molecular complexity index is 781. The topological polar surface area (TPSA) is 42.0 Å². The van der Waals surface area contributed by atoms with E-state index in [0.717, 1.165) is 32.7 Å². The van der Waals surface area contributed by atoms with Gasteiger partial charge in [0.15, 0.2) is 11.5 Å². The summed E-state index contributed by atoms with van der Waals surface area (Å²) >= 11 is 0. The molecule has 2 aromatic carbocycles. The van der Waals surface area contributed by atoms with Gasteiger partial charge in [0.05, 0.1) is 20.1 Å². The summed E-state index contributed by atoms with van der Waals surface area (Å²) in [7, 11) is 1.62. The first-order chi connectivity index (χ1) is 13.7. The van der Waals surface area contributed by atoms with E-state index in [2.05, 4.69) is 35.2 Å². The van der Waals surface area contributed by atoms with Crippen LogP contribution in [0.4, 0.5) is 0 Å². The lowest BCUT2D eigenvalue weighted by molar-refractivity contribution is -0.131. The number of para-hydroxylation sites is 2. The van der Waals surface area contributed by atoms with Crippen molar-refractivity contribution in [2.24, 2.45) is 11.8 Å². The summed E-state index contributed by atoms with van der Waals surface area (Å²) in [6.07, 6.45) is 0.408. The van der Waals surface area contributed by atoms with Crippen LogP contribution in [0.5, 0.6) is 11.5 Å². The third kappa shape index (κ3) is 4.30. The monoisotopic (exact) mass is 380 g/mol. The molecule has 4 rings (SSSR count). The van der Waals surface area contributed by atoms with Crippen molar-refractivity contribution in [2.45, 2.75) is 13.0 Å². The average Bonchev–Trinajstić information content (AvgIpc) is 3.28. The van der Waals surface area contributed by atoms with E-state index >= 15 is 0 Å². The Morgan fingerprint density at radius 3 is 2.25 bits per heavy atom. The summed E-state index contributed by atoms with van der Waals surface area (Å²) in [5.74, 6) is 2.78. The average molecular weight is 380 g/mol. The number of methoxy groups -OCH3 is 1. The second kappa shape index (κ2) is 8.65. The molecule has 148 valence electrons. The Morgan fingerprint density at radius 2 is 1.57 bits per heavy atom.